The molecule has 7 nitrogen and oxygen atoms in total. The molecule has 1 aromatic heterocycles. The molecule has 146 valence electrons. The van der Waals surface area contributed by atoms with E-state index in [1.54, 1.807) is 0 Å². The van der Waals surface area contributed by atoms with Crippen molar-refractivity contribution in [2.45, 2.75) is 24.8 Å². The van der Waals surface area contributed by atoms with Crippen molar-refractivity contribution in [3.8, 4) is 0 Å². The van der Waals surface area contributed by atoms with E-state index in [4.69, 9.17) is 0 Å². The predicted molar refractivity (Wildman–Crippen MR) is 94.7 cm³/mol. The summed E-state index contributed by atoms with van der Waals surface area (Å²) in [5, 5.41) is 6.00. The second-order valence-electron chi connectivity index (χ2n) is 6.69. The molecule has 27 heavy (non-hydrogen) atoms. The number of aryl methyl sites for hydroxylation is 1. The van der Waals surface area contributed by atoms with Crippen molar-refractivity contribution in [1.82, 2.24) is 14.1 Å². The summed E-state index contributed by atoms with van der Waals surface area (Å²) < 4.78 is 54.8. The number of aromatic nitrogens is 2. The minimum atomic E-state index is -3.94. The fraction of sp³-hybridized carbons (Fsp3) is 0.412. The van der Waals surface area contributed by atoms with Gasteiger partial charge in [-0.1, -0.05) is 6.92 Å². The summed E-state index contributed by atoms with van der Waals surface area (Å²) in [7, 11) is -2.44. The summed E-state index contributed by atoms with van der Waals surface area (Å²) in [4.78, 5) is 12.6. The first kappa shape index (κ1) is 19.4. The normalized spacial score (nSPS) is 16.4. The van der Waals surface area contributed by atoms with Crippen LogP contribution in [0.4, 0.5) is 14.5 Å². The lowest BCUT2D eigenvalue weighted by Gasteiger charge is -2.28. The van der Waals surface area contributed by atoms with Gasteiger partial charge in [-0.3, -0.25) is 9.48 Å². The van der Waals surface area contributed by atoms with Crippen molar-refractivity contribution in [3.63, 3.8) is 0 Å². The number of sulfonamides is 1. The quantitative estimate of drug-likeness (QED) is 0.857. The zero-order chi connectivity index (χ0) is 19.8. The minimum Gasteiger partial charge on any atom is -0.322 e. The van der Waals surface area contributed by atoms with E-state index < -0.39 is 27.6 Å². The van der Waals surface area contributed by atoms with Crippen LogP contribution in [0.15, 0.2) is 29.4 Å². The van der Waals surface area contributed by atoms with E-state index in [1.165, 1.54) is 28.3 Å². The lowest BCUT2D eigenvalue weighted by atomic mass is 10.0. The van der Waals surface area contributed by atoms with Crippen LogP contribution >= 0.6 is 0 Å². The average molecular weight is 398 g/mol. The smallest absolute Gasteiger partial charge is 0.263 e. The van der Waals surface area contributed by atoms with Crippen molar-refractivity contribution < 1.29 is 22.0 Å². The topological polar surface area (TPSA) is 84.3 Å². The Labute approximate surface area is 156 Å². The fourth-order valence-electron chi connectivity index (χ4n) is 2.93. The Morgan fingerprint density at radius 1 is 1.22 bits per heavy atom. The molecule has 1 aromatic carbocycles. The van der Waals surface area contributed by atoms with Crippen molar-refractivity contribution in [1.29, 1.82) is 0 Å². The Bertz CT molecular complexity index is 967. The van der Waals surface area contributed by atoms with E-state index in [0.29, 0.717) is 19.0 Å². The molecule has 1 N–H and O–H groups in total. The third-order valence-corrected chi connectivity index (χ3v) is 6.38. The maximum absolute atomic E-state index is 13.3. The van der Waals surface area contributed by atoms with Gasteiger partial charge in [0.05, 0.1) is 5.56 Å². The Hall–Kier alpha value is -2.33. The molecule has 2 aromatic rings. The number of nitrogens with one attached hydrogen (secondary N) is 1. The number of anilines is 1. The molecule has 0 unspecified atom stereocenters. The highest BCUT2D eigenvalue weighted by Gasteiger charge is 2.34. The molecule has 10 heteroatoms. The number of halogens is 2. The van der Waals surface area contributed by atoms with Crippen LogP contribution in [-0.4, -0.2) is 41.5 Å². The Balaban J connectivity index is 1.88. The molecule has 1 saturated heterocycles. The lowest BCUT2D eigenvalue weighted by molar-refractivity contribution is 0.102. The van der Waals surface area contributed by atoms with Gasteiger partial charge < -0.3 is 5.32 Å². The van der Waals surface area contributed by atoms with Crippen molar-refractivity contribution in [2.24, 2.45) is 13.0 Å². The van der Waals surface area contributed by atoms with Crippen LogP contribution in [-0.2, 0) is 17.1 Å². The van der Waals surface area contributed by atoms with Gasteiger partial charge in [-0.25, -0.2) is 17.2 Å². The molecule has 0 aliphatic carbocycles. The molecule has 0 radical (unpaired) electrons. The summed E-state index contributed by atoms with van der Waals surface area (Å²) in [6.45, 7) is 2.79. The highest BCUT2D eigenvalue weighted by molar-refractivity contribution is 7.89. The van der Waals surface area contributed by atoms with Gasteiger partial charge in [-0.05, 0) is 30.9 Å². The molecule has 3 rings (SSSR count). The summed E-state index contributed by atoms with van der Waals surface area (Å²) in [5.74, 6) is -2.49. The first-order valence-electron chi connectivity index (χ1n) is 8.48. The number of carbonyl (C=O) groups is 1. The van der Waals surface area contributed by atoms with Crippen molar-refractivity contribution >= 4 is 21.6 Å². The van der Waals surface area contributed by atoms with Crippen LogP contribution in [0.3, 0.4) is 0 Å². The molecular formula is C17H20F2N4O3S. The van der Waals surface area contributed by atoms with Crippen LogP contribution in [0.1, 0.15) is 30.1 Å². The molecule has 2 heterocycles. The maximum atomic E-state index is 13.3. The average Bonchev–Trinajstić information content (AvgIpc) is 3.01. The zero-order valence-electron chi connectivity index (χ0n) is 14.9. The van der Waals surface area contributed by atoms with E-state index in [9.17, 15) is 22.0 Å². The lowest BCUT2D eigenvalue weighted by Crippen LogP contribution is -2.38. The third-order valence-electron chi connectivity index (χ3n) is 4.54. The second-order valence-corrected chi connectivity index (χ2v) is 8.54. The first-order valence-corrected chi connectivity index (χ1v) is 9.92. The van der Waals surface area contributed by atoms with Gasteiger partial charge >= 0.3 is 0 Å². The summed E-state index contributed by atoms with van der Waals surface area (Å²) in [6, 6.07) is 2.89. The van der Waals surface area contributed by atoms with Crippen LogP contribution < -0.4 is 5.32 Å². The molecular weight excluding hydrogens is 378 g/mol. The second kappa shape index (κ2) is 7.35. The number of rotatable bonds is 4. The van der Waals surface area contributed by atoms with Crippen molar-refractivity contribution in [2.75, 3.05) is 18.4 Å². The van der Waals surface area contributed by atoms with E-state index in [0.717, 1.165) is 25.0 Å². The highest BCUT2D eigenvalue weighted by atomic mass is 32.2. The van der Waals surface area contributed by atoms with Crippen LogP contribution in [0.5, 0.6) is 0 Å². The number of carbonyl (C=O) groups excluding carboxylic acids is 1. The Morgan fingerprint density at radius 2 is 1.89 bits per heavy atom. The molecule has 1 fully saturated rings. The van der Waals surface area contributed by atoms with Crippen molar-refractivity contribution in [3.05, 3.63) is 41.6 Å². The van der Waals surface area contributed by atoms with Gasteiger partial charge in [-0.15, -0.1) is 0 Å². The van der Waals surface area contributed by atoms with Crippen LogP contribution in [0, 0.1) is 17.6 Å². The molecule has 1 aliphatic heterocycles. The summed E-state index contributed by atoms with van der Waals surface area (Å²) >= 11 is 0. The van der Waals surface area contributed by atoms with E-state index in [-0.39, 0.29) is 16.3 Å². The maximum Gasteiger partial charge on any atom is 0.263 e. The third kappa shape index (κ3) is 4.01. The van der Waals surface area contributed by atoms with Crippen LogP contribution in [0.25, 0.3) is 0 Å². The van der Waals surface area contributed by atoms with Gasteiger partial charge in [-0.2, -0.15) is 9.40 Å². The molecule has 0 atom stereocenters. The molecule has 1 aliphatic rings. The van der Waals surface area contributed by atoms with E-state index >= 15 is 0 Å². The number of benzene rings is 1. The minimum absolute atomic E-state index is 0.0119. The molecule has 1 amide bonds. The van der Waals surface area contributed by atoms with Gasteiger partial charge in [0.15, 0.2) is 11.6 Å². The SMILES string of the molecule is CC1CCN(S(=O)(=O)c2nn(C)cc2C(=O)Nc2ccc(F)c(F)c2)CC1. The predicted octanol–water partition coefficient (Wildman–Crippen LogP) is 2.37. The molecule has 0 saturated carbocycles. The van der Waals surface area contributed by atoms with E-state index in [2.05, 4.69) is 17.3 Å². The summed E-state index contributed by atoms with van der Waals surface area (Å²) in [5.41, 5.74) is -0.140. The largest absolute Gasteiger partial charge is 0.322 e. The Kier molecular flexibility index (Phi) is 5.29. The summed E-state index contributed by atoms with van der Waals surface area (Å²) in [6.07, 6.45) is 2.76. The number of hydrogen-bond donors (Lipinski definition) is 1. The van der Waals surface area contributed by atoms with Gasteiger partial charge in [0.25, 0.3) is 15.9 Å². The number of amides is 1. The van der Waals surface area contributed by atoms with Crippen LogP contribution in [0.2, 0.25) is 0 Å². The number of hydrogen-bond acceptors (Lipinski definition) is 4. The fourth-order valence-corrected chi connectivity index (χ4v) is 4.53. The van der Waals surface area contributed by atoms with Gasteiger partial charge in [0.1, 0.15) is 0 Å². The zero-order valence-corrected chi connectivity index (χ0v) is 15.8. The number of piperidine rings is 1. The van der Waals surface area contributed by atoms with E-state index in [1.807, 2.05) is 0 Å². The highest BCUT2D eigenvalue weighted by Crippen LogP contribution is 2.25. The molecule has 0 bridgehead atoms. The van der Waals surface area contributed by atoms with Gasteiger partial charge in [0.2, 0.25) is 5.03 Å². The van der Waals surface area contributed by atoms with Gasteiger partial charge in [0, 0.05) is 38.1 Å². The number of nitrogens with zero attached hydrogens (tertiary/aromatic N) is 3. The Morgan fingerprint density at radius 3 is 2.52 bits per heavy atom. The standard InChI is InChI=1S/C17H20F2N4O3S/c1-11-5-7-23(8-6-11)27(25,26)17-13(10-22(2)21-17)16(24)20-12-3-4-14(18)15(19)9-12/h3-4,9-11H,5-8H2,1-2H3,(H,20,24). The molecule has 0 spiro atoms. The monoisotopic (exact) mass is 398 g/mol. The first-order chi connectivity index (χ1) is 12.7.